The Morgan fingerprint density at radius 2 is 2.04 bits per heavy atom. The fourth-order valence-corrected chi connectivity index (χ4v) is 2.35. The zero-order valence-electron chi connectivity index (χ0n) is 13.3. The number of carbonyl (C=O) groups is 1. The first-order valence-corrected chi connectivity index (χ1v) is 8.71. The molecule has 0 unspecified atom stereocenters. The van der Waals surface area contributed by atoms with E-state index in [9.17, 15) is 4.79 Å². The number of hydrogen-bond donors (Lipinski definition) is 1. The second kappa shape index (κ2) is 8.53. The van der Waals surface area contributed by atoms with E-state index in [2.05, 4.69) is 16.9 Å². The zero-order valence-corrected chi connectivity index (χ0v) is 14.1. The van der Waals surface area contributed by atoms with Crippen LogP contribution in [0, 0.1) is 0 Å². The lowest BCUT2D eigenvalue weighted by Crippen LogP contribution is -2.05. The van der Waals surface area contributed by atoms with Gasteiger partial charge >= 0.3 is 5.97 Å². The van der Waals surface area contributed by atoms with Crippen LogP contribution in [0.5, 0.6) is 5.88 Å². The van der Waals surface area contributed by atoms with E-state index in [0.717, 1.165) is 24.0 Å². The van der Waals surface area contributed by atoms with Gasteiger partial charge in [0.25, 0.3) is 0 Å². The van der Waals surface area contributed by atoms with E-state index in [1.54, 1.807) is 18.3 Å². The van der Waals surface area contributed by atoms with Gasteiger partial charge in [-0.2, -0.15) is 4.98 Å². The van der Waals surface area contributed by atoms with Gasteiger partial charge in [-0.25, -0.2) is 9.78 Å². The molecule has 0 saturated heterocycles. The van der Waals surface area contributed by atoms with Gasteiger partial charge in [0.1, 0.15) is 0 Å². The van der Waals surface area contributed by atoms with Gasteiger partial charge in [0, 0.05) is 18.2 Å². The van der Waals surface area contributed by atoms with Gasteiger partial charge in [-0.3, -0.25) is 0 Å². The SMILES string of the molecule is CCCCOc1nc(SC)ncc1Cc1ccc(C(=O)O)cc1. The van der Waals surface area contributed by atoms with E-state index >= 15 is 0 Å². The van der Waals surface area contributed by atoms with E-state index in [1.807, 2.05) is 18.4 Å². The monoisotopic (exact) mass is 332 g/mol. The normalized spacial score (nSPS) is 10.5. The third-order valence-corrected chi connectivity index (χ3v) is 3.88. The Balaban J connectivity index is 2.18. The molecule has 23 heavy (non-hydrogen) atoms. The van der Waals surface area contributed by atoms with E-state index in [-0.39, 0.29) is 5.56 Å². The van der Waals surface area contributed by atoms with Crippen LogP contribution in [0.1, 0.15) is 41.3 Å². The molecule has 0 aliphatic rings. The summed E-state index contributed by atoms with van der Waals surface area (Å²) in [7, 11) is 0. The van der Waals surface area contributed by atoms with E-state index in [0.29, 0.717) is 24.1 Å². The van der Waals surface area contributed by atoms with Gasteiger partial charge in [0.2, 0.25) is 5.88 Å². The van der Waals surface area contributed by atoms with Crippen molar-refractivity contribution < 1.29 is 14.6 Å². The third-order valence-electron chi connectivity index (χ3n) is 3.32. The minimum atomic E-state index is -0.923. The zero-order chi connectivity index (χ0) is 16.7. The fourth-order valence-electron chi connectivity index (χ4n) is 2.02. The Morgan fingerprint density at radius 1 is 1.30 bits per heavy atom. The van der Waals surface area contributed by atoms with E-state index < -0.39 is 5.97 Å². The van der Waals surface area contributed by atoms with Crippen molar-refractivity contribution in [3.8, 4) is 5.88 Å². The smallest absolute Gasteiger partial charge is 0.335 e. The molecule has 1 N–H and O–H groups in total. The molecule has 6 heteroatoms. The number of aromatic carboxylic acids is 1. The van der Waals surface area contributed by atoms with Crippen molar-refractivity contribution in [3.63, 3.8) is 0 Å². The molecule has 0 aliphatic heterocycles. The molecule has 0 radical (unpaired) electrons. The number of nitrogens with zero attached hydrogens (tertiary/aromatic N) is 2. The van der Waals surface area contributed by atoms with Crippen LogP contribution in [-0.4, -0.2) is 33.9 Å². The van der Waals surface area contributed by atoms with Crippen LogP contribution in [0.4, 0.5) is 0 Å². The molecule has 0 spiro atoms. The Kier molecular flexibility index (Phi) is 6.40. The van der Waals surface area contributed by atoms with Crippen molar-refractivity contribution in [1.82, 2.24) is 9.97 Å². The average Bonchev–Trinajstić information content (AvgIpc) is 2.57. The predicted octanol–water partition coefficient (Wildman–Crippen LogP) is 3.67. The summed E-state index contributed by atoms with van der Waals surface area (Å²) in [5, 5.41) is 9.63. The molecular formula is C17H20N2O3S. The molecule has 5 nitrogen and oxygen atoms in total. The summed E-state index contributed by atoms with van der Waals surface area (Å²) in [6.45, 7) is 2.74. The number of hydrogen-bond acceptors (Lipinski definition) is 5. The molecule has 0 amide bonds. The molecule has 2 aromatic rings. The average molecular weight is 332 g/mol. The predicted molar refractivity (Wildman–Crippen MR) is 90.4 cm³/mol. The number of rotatable bonds is 8. The van der Waals surface area contributed by atoms with E-state index in [4.69, 9.17) is 9.84 Å². The van der Waals surface area contributed by atoms with Crippen molar-refractivity contribution in [3.05, 3.63) is 47.2 Å². The lowest BCUT2D eigenvalue weighted by Gasteiger charge is -2.11. The van der Waals surface area contributed by atoms with Crippen molar-refractivity contribution in [2.75, 3.05) is 12.9 Å². The highest BCUT2D eigenvalue weighted by atomic mass is 32.2. The van der Waals surface area contributed by atoms with Crippen molar-refractivity contribution in [1.29, 1.82) is 0 Å². The summed E-state index contributed by atoms with van der Waals surface area (Å²) in [4.78, 5) is 19.6. The van der Waals surface area contributed by atoms with Gasteiger partial charge < -0.3 is 9.84 Å². The molecule has 2 rings (SSSR count). The van der Waals surface area contributed by atoms with E-state index in [1.165, 1.54) is 11.8 Å². The topological polar surface area (TPSA) is 72.3 Å². The summed E-state index contributed by atoms with van der Waals surface area (Å²) in [5.74, 6) is -0.312. The maximum Gasteiger partial charge on any atom is 0.335 e. The highest BCUT2D eigenvalue weighted by molar-refractivity contribution is 7.98. The molecule has 1 aromatic carbocycles. The van der Waals surface area contributed by atoms with Gasteiger partial charge in [-0.15, -0.1) is 0 Å². The minimum absolute atomic E-state index is 0.280. The molecule has 0 aliphatic carbocycles. The Bertz CT molecular complexity index is 659. The molecule has 1 heterocycles. The van der Waals surface area contributed by atoms with Crippen molar-refractivity contribution >= 4 is 17.7 Å². The van der Waals surface area contributed by atoms with Crippen LogP contribution >= 0.6 is 11.8 Å². The fraction of sp³-hybridized carbons (Fsp3) is 0.353. The van der Waals surface area contributed by atoms with Crippen LogP contribution in [-0.2, 0) is 6.42 Å². The first-order chi connectivity index (χ1) is 11.1. The summed E-state index contributed by atoms with van der Waals surface area (Å²) < 4.78 is 5.80. The highest BCUT2D eigenvalue weighted by Gasteiger charge is 2.10. The number of benzene rings is 1. The second-order valence-corrected chi connectivity index (χ2v) is 5.84. The largest absolute Gasteiger partial charge is 0.478 e. The number of aromatic nitrogens is 2. The number of carboxylic acid groups (broad SMARTS) is 1. The number of thioether (sulfide) groups is 1. The van der Waals surface area contributed by atoms with Crippen LogP contribution in [0.15, 0.2) is 35.6 Å². The van der Waals surface area contributed by atoms with Crippen molar-refractivity contribution in [2.45, 2.75) is 31.3 Å². The highest BCUT2D eigenvalue weighted by Crippen LogP contribution is 2.22. The van der Waals surface area contributed by atoms with Gasteiger partial charge in [-0.1, -0.05) is 37.2 Å². The van der Waals surface area contributed by atoms with Gasteiger partial charge in [0.15, 0.2) is 5.16 Å². The minimum Gasteiger partial charge on any atom is -0.478 e. The summed E-state index contributed by atoms with van der Waals surface area (Å²) in [5.41, 5.74) is 2.18. The lowest BCUT2D eigenvalue weighted by atomic mass is 10.1. The number of ether oxygens (including phenoxy) is 1. The Labute approximate surface area is 140 Å². The van der Waals surface area contributed by atoms with Crippen LogP contribution in [0.2, 0.25) is 0 Å². The number of unbranched alkanes of at least 4 members (excludes halogenated alkanes) is 1. The maximum atomic E-state index is 10.9. The quantitative estimate of drug-likeness (QED) is 0.452. The maximum absolute atomic E-state index is 10.9. The lowest BCUT2D eigenvalue weighted by molar-refractivity contribution is 0.0697. The molecule has 0 fully saturated rings. The number of carboxylic acids is 1. The third kappa shape index (κ3) is 4.96. The molecule has 1 aromatic heterocycles. The van der Waals surface area contributed by atoms with Crippen molar-refractivity contribution in [2.24, 2.45) is 0 Å². The first kappa shape index (κ1) is 17.3. The first-order valence-electron chi connectivity index (χ1n) is 7.49. The summed E-state index contributed by atoms with van der Waals surface area (Å²) in [6.07, 6.45) is 6.36. The molecule has 0 saturated carbocycles. The van der Waals surface area contributed by atoms with Gasteiger partial charge in [0.05, 0.1) is 12.2 Å². The summed E-state index contributed by atoms with van der Waals surface area (Å²) in [6, 6.07) is 6.82. The standard InChI is InChI=1S/C17H20N2O3S/c1-3-4-9-22-15-14(11-18-17(19-15)23-2)10-12-5-7-13(8-6-12)16(20)21/h5-8,11H,3-4,9-10H2,1-2H3,(H,20,21). The Hall–Kier alpha value is -2.08. The van der Waals surface area contributed by atoms with Crippen LogP contribution < -0.4 is 4.74 Å². The molecule has 0 bridgehead atoms. The van der Waals surface area contributed by atoms with Crippen LogP contribution in [0.25, 0.3) is 0 Å². The summed E-state index contributed by atoms with van der Waals surface area (Å²) >= 11 is 1.47. The van der Waals surface area contributed by atoms with Crippen LogP contribution in [0.3, 0.4) is 0 Å². The molecular weight excluding hydrogens is 312 g/mol. The molecule has 122 valence electrons. The Morgan fingerprint density at radius 3 is 2.65 bits per heavy atom. The van der Waals surface area contributed by atoms with Gasteiger partial charge in [-0.05, 0) is 30.4 Å². The second-order valence-electron chi connectivity index (χ2n) is 5.07. The molecule has 0 atom stereocenters.